The molecule has 3 N–H and O–H groups in total. The van der Waals surface area contributed by atoms with Gasteiger partial charge in [-0.15, -0.1) is 0 Å². The molecule has 0 saturated carbocycles. The van der Waals surface area contributed by atoms with Crippen LogP contribution in [0.4, 0.5) is 17.3 Å². The Morgan fingerprint density at radius 3 is 2.61 bits per heavy atom. The Labute approximate surface area is 182 Å². The zero-order valence-corrected chi connectivity index (χ0v) is 18.4. The summed E-state index contributed by atoms with van der Waals surface area (Å²) in [7, 11) is 3.24. The predicted molar refractivity (Wildman–Crippen MR) is 120 cm³/mol. The second-order valence-electron chi connectivity index (χ2n) is 7.34. The molecule has 0 amide bonds. The molecule has 1 aromatic heterocycles. The summed E-state index contributed by atoms with van der Waals surface area (Å²) in [6.07, 6.45) is 3.74. The van der Waals surface area contributed by atoms with Crippen LogP contribution in [0, 0.1) is 5.92 Å². The maximum Gasteiger partial charge on any atom is 0.309 e. The van der Waals surface area contributed by atoms with Gasteiger partial charge < -0.3 is 30.2 Å². The molecule has 2 aromatic rings. The third-order valence-corrected chi connectivity index (χ3v) is 5.43. The molecule has 3 rings (SSSR count). The van der Waals surface area contributed by atoms with Gasteiger partial charge in [-0.1, -0.05) is 6.07 Å². The van der Waals surface area contributed by atoms with Gasteiger partial charge in [0, 0.05) is 19.6 Å². The Morgan fingerprint density at radius 2 is 1.94 bits per heavy atom. The van der Waals surface area contributed by atoms with Gasteiger partial charge in [-0.3, -0.25) is 4.79 Å². The van der Waals surface area contributed by atoms with Crippen LogP contribution >= 0.6 is 0 Å². The first-order chi connectivity index (χ1) is 15.1. The van der Waals surface area contributed by atoms with Crippen molar-refractivity contribution in [3.63, 3.8) is 0 Å². The van der Waals surface area contributed by atoms with Crippen molar-refractivity contribution >= 4 is 23.3 Å². The van der Waals surface area contributed by atoms with E-state index in [9.17, 15) is 4.79 Å². The number of benzene rings is 1. The fourth-order valence-electron chi connectivity index (χ4n) is 3.73. The van der Waals surface area contributed by atoms with Gasteiger partial charge >= 0.3 is 5.97 Å². The van der Waals surface area contributed by atoms with Gasteiger partial charge in [0.25, 0.3) is 0 Å². The molecule has 0 atom stereocenters. The quantitative estimate of drug-likeness (QED) is 0.581. The highest BCUT2D eigenvalue weighted by Crippen LogP contribution is 2.30. The molecule has 0 spiro atoms. The number of piperidine rings is 1. The van der Waals surface area contributed by atoms with Crippen molar-refractivity contribution in [3.05, 3.63) is 30.1 Å². The number of hydrogen-bond donors (Lipinski definition) is 2. The predicted octanol–water partition coefficient (Wildman–Crippen LogP) is 2.51. The first-order valence-corrected chi connectivity index (χ1v) is 10.5. The van der Waals surface area contributed by atoms with E-state index in [2.05, 4.69) is 20.2 Å². The second-order valence-corrected chi connectivity index (χ2v) is 7.34. The van der Waals surface area contributed by atoms with Crippen LogP contribution in [-0.4, -0.2) is 56.4 Å². The molecule has 9 heteroatoms. The number of aromatic nitrogens is 2. The van der Waals surface area contributed by atoms with Crippen LogP contribution in [-0.2, 0) is 16.0 Å². The molecular weight excluding hydrogens is 398 g/mol. The minimum atomic E-state index is -0.115. The van der Waals surface area contributed by atoms with E-state index in [1.54, 1.807) is 14.2 Å². The number of hydrogen-bond acceptors (Lipinski definition) is 9. The molecular formula is C22H31N5O4. The summed E-state index contributed by atoms with van der Waals surface area (Å²) >= 11 is 0. The van der Waals surface area contributed by atoms with Gasteiger partial charge in [0.1, 0.15) is 12.0 Å². The molecule has 0 aliphatic carbocycles. The fourth-order valence-corrected chi connectivity index (χ4v) is 3.73. The summed E-state index contributed by atoms with van der Waals surface area (Å²) < 4.78 is 15.8. The van der Waals surface area contributed by atoms with E-state index in [1.807, 2.05) is 25.1 Å². The van der Waals surface area contributed by atoms with Crippen molar-refractivity contribution in [2.24, 2.45) is 5.92 Å². The number of carbonyl (C=O) groups is 1. The van der Waals surface area contributed by atoms with Gasteiger partial charge in [-0.25, -0.2) is 9.97 Å². The highest BCUT2D eigenvalue weighted by Gasteiger charge is 2.27. The van der Waals surface area contributed by atoms with Crippen LogP contribution in [0.3, 0.4) is 0 Å². The van der Waals surface area contributed by atoms with Gasteiger partial charge in [0.15, 0.2) is 23.1 Å². The highest BCUT2D eigenvalue weighted by molar-refractivity contribution is 5.76. The maximum absolute atomic E-state index is 12.0. The number of nitrogens with one attached hydrogen (secondary N) is 1. The van der Waals surface area contributed by atoms with Crippen molar-refractivity contribution in [3.8, 4) is 11.5 Å². The number of ether oxygens (including phenoxy) is 3. The summed E-state index contributed by atoms with van der Waals surface area (Å²) in [5, 5.41) is 3.30. The standard InChI is InChI=1S/C22H31N5O4/c1-4-31-22(28)16-8-11-27(12-9-16)21-19(23)20(25-14-26-21)24-10-7-15-5-6-17(29-2)18(13-15)30-3/h5-6,13-14,16H,4,7-12,23H2,1-3H3,(H,24,25,26). The van der Waals surface area contributed by atoms with Crippen molar-refractivity contribution in [1.29, 1.82) is 0 Å². The number of esters is 1. The lowest BCUT2D eigenvalue weighted by Gasteiger charge is -2.32. The van der Waals surface area contributed by atoms with Crippen LogP contribution in [0.25, 0.3) is 0 Å². The van der Waals surface area contributed by atoms with Crippen molar-refractivity contribution in [1.82, 2.24) is 9.97 Å². The average Bonchev–Trinajstić information content (AvgIpc) is 2.80. The van der Waals surface area contributed by atoms with Gasteiger partial charge in [-0.2, -0.15) is 0 Å². The molecule has 1 fully saturated rings. The Hall–Kier alpha value is -3.23. The summed E-state index contributed by atoms with van der Waals surface area (Å²) in [6, 6.07) is 5.86. The zero-order chi connectivity index (χ0) is 22.2. The van der Waals surface area contributed by atoms with E-state index in [0.29, 0.717) is 55.1 Å². The van der Waals surface area contributed by atoms with Crippen molar-refractivity contribution in [2.45, 2.75) is 26.2 Å². The van der Waals surface area contributed by atoms with Crippen LogP contribution in [0.5, 0.6) is 11.5 Å². The number of nitrogens with two attached hydrogens (primary N) is 1. The number of carbonyl (C=O) groups excluding carboxylic acids is 1. The Morgan fingerprint density at radius 1 is 1.19 bits per heavy atom. The molecule has 168 valence electrons. The lowest BCUT2D eigenvalue weighted by atomic mass is 9.97. The van der Waals surface area contributed by atoms with E-state index in [-0.39, 0.29) is 11.9 Å². The Kier molecular flexibility index (Phi) is 7.75. The summed E-state index contributed by atoms with van der Waals surface area (Å²) in [6.45, 7) is 4.30. The molecule has 0 unspecified atom stereocenters. The molecule has 1 saturated heterocycles. The first kappa shape index (κ1) is 22.5. The normalized spacial score (nSPS) is 14.2. The smallest absolute Gasteiger partial charge is 0.309 e. The number of nitrogen functional groups attached to an aromatic ring is 1. The minimum Gasteiger partial charge on any atom is -0.493 e. The number of methoxy groups -OCH3 is 2. The molecule has 0 bridgehead atoms. The van der Waals surface area contributed by atoms with E-state index in [4.69, 9.17) is 19.9 Å². The molecule has 1 aromatic carbocycles. The molecule has 1 aliphatic heterocycles. The molecule has 0 radical (unpaired) electrons. The van der Waals surface area contributed by atoms with Crippen LogP contribution in [0.15, 0.2) is 24.5 Å². The maximum atomic E-state index is 12.0. The average molecular weight is 430 g/mol. The number of rotatable bonds is 9. The Bertz CT molecular complexity index is 884. The number of nitrogens with zero attached hydrogens (tertiary/aromatic N) is 3. The van der Waals surface area contributed by atoms with Crippen LogP contribution in [0.2, 0.25) is 0 Å². The Balaban J connectivity index is 1.58. The van der Waals surface area contributed by atoms with Gasteiger partial charge in [0.05, 0.1) is 26.7 Å². The summed E-state index contributed by atoms with van der Waals surface area (Å²) in [5.74, 6) is 2.54. The van der Waals surface area contributed by atoms with Crippen molar-refractivity contribution in [2.75, 3.05) is 56.4 Å². The lowest BCUT2D eigenvalue weighted by Crippen LogP contribution is -2.38. The third kappa shape index (κ3) is 5.48. The molecule has 31 heavy (non-hydrogen) atoms. The van der Waals surface area contributed by atoms with Crippen molar-refractivity contribution < 1.29 is 19.0 Å². The monoisotopic (exact) mass is 429 g/mol. The van der Waals surface area contributed by atoms with E-state index in [0.717, 1.165) is 24.8 Å². The van der Waals surface area contributed by atoms with E-state index in [1.165, 1.54) is 6.33 Å². The van der Waals surface area contributed by atoms with E-state index < -0.39 is 0 Å². The zero-order valence-electron chi connectivity index (χ0n) is 18.4. The van der Waals surface area contributed by atoms with E-state index >= 15 is 0 Å². The second kappa shape index (κ2) is 10.7. The lowest BCUT2D eigenvalue weighted by molar-refractivity contribution is -0.148. The fraction of sp³-hybridized carbons (Fsp3) is 0.500. The summed E-state index contributed by atoms with van der Waals surface area (Å²) in [4.78, 5) is 22.7. The molecule has 2 heterocycles. The topological polar surface area (TPSA) is 112 Å². The SMILES string of the molecule is CCOC(=O)C1CCN(c2ncnc(NCCc3ccc(OC)c(OC)c3)c2N)CC1. The highest BCUT2D eigenvalue weighted by atomic mass is 16.5. The molecule has 1 aliphatic rings. The van der Waals surface area contributed by atoms with Gasteiger partial charge in [0.2, 0.25) is 0 Å². The molecule has 9 nitrogen and oxygen atoms in total. The third-order valence-electron chi connectivity index (χ3n) is 5.43. The summed E-state index contributed by atoms with van der Waals surface area (Å²) in [5.41, 5.74) is 7.99. The largest absolute Gasteiger partial charge is 0.493 e. The van der Waals surface area contributed by atoms with Crippen LogP contribution in [0.1, 0.15) is 25.3 Å². The first-order valence-electron chi connectivity index (χ1n) is 10.5. The van der Waals surface area contributed by atoms with Crippen LogP contribution < -0.4 is 25.4 Å². The van der Waals surface area contributed by atoms with Gasteiger partial charge in [-0.05, 0) is 43.9 Å². The minimum absolute atomic E-state index is 0.0571. The number of anilines is 3.